The third kappa shape index (κ3) is 3.50. The van der Waals surface area contributed by atoms with Gasteiger partial charge in [0.05, 0.1) is 16.6 Å². The number of anilines is 1. The van der Waals surface area contributed by atoms with Crippen LogP contribution in [0.4, 0.5) is 5.82 Å². The summed E-state index contributed by atoms with van der Waals surface area (Å²) in [5.41, 5.74) is 10.8. The number of nitrogens with two attached hydrogens (primary N) is 1. The van der Waals surface area contributed by atoms with Crippen LogP contribution in [0.2, 0.25) is 0 Å². The van der Waals surface area contributed by atoms with E-state index >= 15 is 0 Å². The summed E-state index contributed by atoms with van der Waals surface area (Å²) in [6, 6.07) is 20.1. The fourth-order valence-electron chi connectivity index (χ4n) is 4.76. The topological polar surface area (TPSA) is 83.9 Å². The van der Waals surface area contributed by atoms with Crippen LogP contribution >= 0.6 is 0 Å². The number of carbonyl (C=O) groups is 1. The Balaban J connectivity index is 1.75. The number of para-hydroxylation sites is 2. The molecular weight excluding hydrogens is 400 g/mol. The number of amides is 1. The van der Waals surface area contributed by atoms with Crippen LogP contribution in [-0.2, 0) is 6.42 Å². The molecule has 164 valence electrons. The summed E-state index contributed by atoms with van der Waals surface area (Å²) in [6.45, 7) is 4.00. The Bertz CT molecular complexity index is 1290. The molecule has 1 aliphatic rings. The molecule has 4 aromatic rings. The smallest absolute Gasteiger partial charge is 0.252 e. The summed E-state index contributed by atoms with van der Waals surface area (Å²) in [4.78, 5) is 19.6. The minimum absolute atomic E-state index is 0.0562. The highest BCUT2D eigenvalue weighted by Crippen LogP contribution is 2.37. The number of aromatic nitrogens is 2. The second kappa shape index (κ2) is 7.95. The molecule has 0 unspecified atom stereocenters. The Morgan fingerprint density at radius 2 is 1.78 bits per heavy atom. The lowest BCUT2D eigenvalue weighted by Gasteiger charge is -2.40. The normalized spacial score (nSPS) is 16.0. The van der Waals surface area contributed by atoms with Crippen molar-refractivity contribution in [1.82, 2.24) is 9.38 Å². The van der Waals surface area contributed by atoms with Crippen LogP contribution in [0.25, 0.3) is 16.7 Å². The first-order chi connectivity index (χ1) is 15.5. The molecule has 1 aliphatic heterocycles. The molecule has 5 rings (SSSR count). The van der Waals surface area contributed by atoms with Crippen LogP contribution in [0, 0.1) is 5.41 Å². The number of nitrogens with zero attached hydrogens (tertiary/aromatic N) is 3. The number of piperidine rings is 1. The van der Waals surface area contributed by atoms with Gasteiger partial charge in [-0.1, -0.05) is 49.4 Å². The van der Waals surface area contributed by atoms with E-state index in [1.807, 2.05) is 48.5 Å². The number of aliphatic hydroxyl groups excluding tert-OH is 1. The maximum absolute atomic E-state index is 12.4. The van der Waals surface area contributed by atoms with Crippen molar-refractivity contribution in [3.63, 3.8) is 0 Å². The van der Waals surface area contributed by atoms with E-state index in [2.05, 4.69) is 28.4 Å². The predicted octanol–water partition coefficient (Wildman–Crippen LogP) is 3.78. The highest BCUT2D eigenvalue weighted by atomic mass is 16.3. The molecule has 0 atom stereocenters. The van der Waals surface area contributed by atoms with Gasteiger partial charge in [-0.3, -0.25) is 9.20 Å². The van der Waals surface area contributed by atoms with Crippen LogP contribution in [-0.4, -0.2) is 40.1 Å². The number of carbonyl (C=O) groups excluding carboxylic acids is 1. The molecular formula is C26H28N4O2. The molecule has 0 bridgehead atoms. The average molecular weight is 429 g/mol. The number of hydrogen-bond donors (Lipinski definition) is 2. The first-order valence-corrected chi connectivity index (χ1v) is 11.1. The Morgan fingerprint density at radius 3 is 2.47 bits per heavy atom. The van der Waals surface area contributed by atoms with Crippen LogP contribution in [0.15, 0.2) is 60.7 Å². The van der Waals surface area contributed by atoms with E-state index < -0.39 is 5.91 Å². The summed E-state index contributed by atoms with van der Waals surface area (Å²) in [5.74, 6) is 0.584. The predicted molar refractivity (Wildman–Crippen MR) is 127 cm³/mol. The van der Waals surface area contributed by atoms with Gasteiger partial charge in [-0.05, 0) is 47.6 Å². The van der Waals surface area contributed by atoms with E-state index in [-0.39, 0.29) is 12.0 Å². The van der Waals surface area contributed by atoms with Gasteiger partial charge >= 0.3 is 0 Å². The number of primary amides is 1. The van der Waals surface area contributed by atoms with Gasteiger partial charge in [0.2, 0.25) is 0 Å². The van der Waals surface area contributed by atoms with Crippen molar-refractivity contribution in [2.24, 2.45) is 11.1 Å². The summed E-state index contributed by atoms with van der Waals surface area (Å²) in [5, 5.41) is 9.85. The summed E-state index contributed by atoms with van der Waals surface area (Å²) >= 11 is 0. The third-order valence-corrected chi connectivity index (χ3v) is 6.77. The second-order valence-electron chi connectivity index (χ2n) is 9.15. The molecule has 1 fully saturated rings. The molecule has 6 nitrogen and oxygen atoms in total. The minimum Gasteiger partial charge on any atom is -0.396 e. The fraction of sp³-hybridized carbons (Fsp3) is 0.308. The zero-order valence-electron chi connectivity index (χ0n) is 18.3. The number of imidazole rings is 1. The minimum atomic E-state index is -0.474. The van der Waals surface area contributed by atoms with Gasteiger partial charge in [0.1, 0.15) is 5.82 Å². The average Bonchev–Trinajstić information content (AvgIpc) is 3.19. The monoisotopic (exact) mass is 428 g/mol. The van der Waals surface area contributed by atoms with Gasteiger partial charge in [0.25, 0.3) is 5.91 Å². The highest BCUT2D eigenvalue weighted by Gasteiger charge is 2.32. The Kier molecular flexibility index (Phi) is 5.10. The van der Waals surface area contributed by atoms with Crippen LogP contribution < -0.4 is 10.6 Å². The number of hydrogen-bond acceptors (Lipinski definition) is 4. The van der Waals surface area contributed by atoms with Crippen molar-refractivity contribution >= 4 is 28.4 Å². The zero-order chi connectivity index (χ0) is 22.3. The van der Waals surface area contributed by atoms with Crippen molar-refractivity contribution in [2.45, 2.75) is 26.2 Å². The second-order valence-corrected chi connectivity index (χ2v) is 9.15. The molecule has 2 aromatic carbocycles. The molecule has 1 saturated heterocycles. The Labute approximate surface area is 187 Å². The zero-order valence-corrected chi connectivity index (χ0v) is 18.3. The highest BCUT2D eigenvalue weighted by molar-refractivity contribution is 6.02. The molecule has 0 spiro atoms. The van der Waals surface area contributed by atoms with E-state index in [1.54, 1.807) is 0 Å². The Morgan fingerprint density at radius 1 is 1.09 bits per heavy atom. The van der Waals surface area contributed by atoms with Gasteiger partial charge in [-0.15, -0.1) is 0 Å². The van der Waals surface area contributed by atoms with Crippen LogP contribution in [0.5, 0.6) is 0 Å². The maximum atomic E-state index is 12.4. The quantitative estimate of drug-likeness (QED) is 0.507. The molecule has 1 amide bonds. The Hall–Kier alpha value is -3.38. The molecule has 3 N–H and O–H groups in total. The first-order valence-electron chi connectivity index (χ1n) is 11.1. The van der Waals surface area contributed by atoms with E-state index in [0.717, 1.165) is 48.3 Å². The summed E-state index contributed by atoms with van der Waals surface area (Å²) < 4.78 is 2.11. The number of benzene rings is 2. The number of pyridine rings is 1. The van der Waals surface area contributed by atoms with Crippen molar-refractivity contribution in [3.8, 4) is 0 Å². The van der Waals surface area contributed by atoms with E-state index in [1.165, 1.54) is 5.56 Å². The molecule has 0 saturated carbocycles. The molecule has 0 radical (unpaired) electrons. The van der Waals surface area contributed by atoms with Crippen LogP contribution in [0.1, 0.15) is 41.3 Å². The maximum Gasteiger partial charge on any atom is 0.252 e. The standard InChI is InChI=1S/C26H28N4O2/c1-26(17-31)11-13-29(14-12-26)25-19(15-18-7-3-2-4-8-18)16-20(23(27)32)24-28-21-9-5-6-10-22(21)30(24)25/h2-10,16,31H,11-15,17H2,1H3,(H2,27,32). The van der Waals surface area contributed by atoms with E-state index in [9.17, 15) is 9.90 Å². The largest absolute Gasteiger partial charge is 0.396 e. The van der Waals surface area contributed by atoms with Crippen molar-refractivity contribution < 1.29 is 9.90 Å². The van der Waals surface area contributed by atoms with Crippen LogP contribution in [0.3, 0.4) is 0 Å². The van der Waals surface area contributed by atoms with Crippen molar-refractivity contribution in [1.29, 1.82) is 0 Å². The van der Waals surface area contributed by atoms with Crippen molar-refractivity contribution in [2.75, 3.05) is 24.6 Å². The lowest BCUT2D eigenvalue weighted by Crippen LogP contribution is -2.41. The lowest BCUT2D eigenvalue weighted by atomic mass is 9.81. The third-order valence-electron chi connectivity index (χ3n) is 6.77. The van der Waals surface area contributed by atoms with Gasteiger partial charge < -0.3 is 15.7 Å². The fourth-order valence-corrected chi connectivity index (χ4v) is 4.76. The molecule has 32 heavy (non-hydrogen) atoms. The first kappa shape index (κ1) is 20.5. The molecule has 2 aromatic heterocycles. The number of fused-ring (bicyclic) bond motifs is 3. The van der Waals surface area contributed by atoms with Gasteiger partial charge in [0, 0.05) is 26.1 Å². The molecule has 6 heteroatoms. The number of aliphatic hydroxyl groups is 1. The van der Waals surface area contributed by atoms with Gasteiger partial charge in [-0.25, -0.2) is 4.98 Å². The van der Waals surface area contributed by atoms with E-state index in [0.29, 0.717) is 17.6 Å². The SMILES string of the molecule is CC1(CO)CCN(c2c(Cc3ccccc3)cc(C(N)=O)c3nc4ccccc4n23)CC1. The molecule has 0 aliphatic carbocycles. The van der Waals surface area contributed by atoms with Gasteiger partial charge in [-0.2, -0.15) is 0 Å². The molecule has 3 heterocycles. The van der Waals surface area contributed by atoms with E-state index in [4.69, 9.17) is 10.7 Å². The van der Waals surface area contributed by atoms with Crippen molar-refractivity contribution in [3.05, 3.63) is 77.4 Å². The van der Waals surface area contributed by atoms with Gasteiger partial charge in [0.15, 0.2) is 5.65 Å². The summed E-state index contributed by atoms with van der Waals surface area (Å²) in [6.07, 6.45) is 2.49. The number of rotatable bonds is 5. The summed E-state index contributed by atoms with van der Waals surface area (Å²) in [7, 11) is 0. The lowest BCUT2D eigenvalue weighted by molar-refractivity contribution is 0.100.